The molecule has 0 bridgehead atoms. The molecule has 2 aromatic rings. The van der Waals surface area contributed by atoms with Crippen LogP contribution in [0, 0.1) is 0 Å². The Bertz CT molecular complexity index is 724. The Morgan fingerprint density at radius 1 is 1.25 bits per heavy atom. The minimum absolute atomic E-state index is 0.223. The van der Waals surface area contributed by atoms with Crippen molar-refractivity contribution in [3.05, 3.63) is 41.7 Å². The molecule has 100 valence electrons. The SMILES string of the molecule is O=Cc1nccc2cc(C3CCC(=O)NC3=O)ccc12. The zero-order chi connectivity index (χ0) is 14.1. The van der Waals surface area contributed by atoms with E-state index in [1.165, 1.54) is 0 Å². The Labute approximate surface area is 115 Å². The van der Waals surface area contributed by atoms with Crippen LogP contribution in [0.5, 0.6) is 0 Å². The van der Waals surface area contributed by atoms with Gasteiger partial charge in [-0.2, -0.15) is 0 Å². The third-order valence-corrected chi connectivity index (χ3v) is 3.57. The summed E-state index contributed by atoms with van der Waals surface area (Å²) in [5, 5.41) is 3.98. The maximum absolute atomic E-state index is 11.9. The Balaban J connectivity index is 2.03. The molecule has 20 heavy (non-hydrogen) atoms. The average Bonchev–Trinajstić information content (AvgIpc) is 2.46. The first-order valence-electron chi connectivity index (χ1n) is 6.36. The first-order valence-corrected chi connectivity index (χ1v) is 6.36. The fourth-order valence-electron chi connectivity index (χ4n) is 2.54. The molecule has 3 rings (SSSR count). The summed E-state index contributed by atoms with van der Waals surface area (Å²) in [6.07, 6.45) is 3.15. The molecule has 0 saturated carbocycles. The van der Waals surface area contributed by atoms with Gasteiger partial charge in [0.15, 0.2) is 6.29 Å². The largest absolute Gasteiger partial charge is 0.296 e. The van der Waals surface area contributed by atoms with Crippen molar-refractivity contribution >= 4 is 28.9 Å². The number of hydrogen-bond donors (Lipinski definition) is 1. The molecule has 0 spiro atoms. The summed E-state index contributed by atoms with van der Waals surface area (Å²) in [7, 11) is 0. The van der Waals surface area contributed by atoms with Gasteiger partial charge in [0.2, 0.25) is 11.8 Å². The van der Waals surface area contributed by atoms with Gasteiger partial charge in [0.25, 0.3) is 0 Å². The molecule has 1 unspecified atom stereocenters. The predicted molar refractivity (Wildman–Crippen MR) is 72.3 cm³/mol. The molecule has 0 radical (unpaired) electrons. The number of nitrogens with zero attached hydrogens (tertiary/aromatic N) is 1. The van der Waals surface area contributed by atoms with Gasteiger partial charge in [-0.3, -0.25) is 24.7 Å². The summed E-state index contributed by atoms with van der Waals surface area (Å²) < 4.78 is 0. The molecule has 1 atom stereocenters. The Kier molecular flexibility index (Phi) is 3.02. The van der Waals surface area contributed by atoms with Gasteiger partial charge in [-0.25, -0.2) is 0 Å². The maximum atomic E-state index is 11.9. The van der Waals surface area contributed by atoms with Gasteiger partial charge in [-0.1, -0.05) is 18.2 Å². The van der Waals surface area contributed by atoms with E-state index in [4.69, 9.17) is 0 Å². The van der Waals surface area contributed by atoms with E-state index >= 15 is 0 Å². The highest BCUT2D eigenvalue weighted by molar-refractivity contribution is 6.02. The monoisotopic (exact) mass is 268 g/mol. The molecule has 5 nitrogen and oxygen atoms in total. The van der Waals surface area contributed by atoms with Crippen molar-refractivity contribution in [2.24, 2.45) is 0 Å². The fourth-order valence-corrected chi connectivity index (χ4v) is 2.54. The van der Waals surface area contributed by atoms with Crippen LogP contribution in [-0.2, 0) is 9.59 Å². The molecule has 1 fully saturated rings. The molecule has 1 aromatic carbocycles. The quantitative estimate of drug-likeness (QED) is 0.662. The molecule has 2 amide bonds. The first kappa shape index (κ1) is 12.5. The topological polar surface area (TPSA) is 76.1 Å². The highest BCUT2D eigenvalue weighted by Crippen LogP contribution is 2.28. The third-order valence-electron chi connectivity index (χ3n) is 3.57. The van der Waals surface area contributed by atoms with Gasteiger partial charge in [-0.05, 0) is 23.4 Å². The normalized spacial score (nSPS) is 18.9. The highest BCUT2D eigenvalue weighted by atomic mass is 16.2. The standard InChI is InChI=1S/C15H12N2O3/c18-8-13-11-2-1-9(7-10(11)5-6-16-13)12-3-4-14(19)17-15(12)20/h1-2,5-8,12H,3-4H2,(H,17,19,20). The number of imide groups is 1. The van der Waals surface area contributed by atoms with Crippen molar-refractivity contribution in [2.75, 3.05) is 0 Å². The minimum Gasteiger partial charge on any atom is -0.296 e. The molecule has 2 heterocycles. The summed E-state index contributed by atoms with van der Waals surface area (Å²) in [6, 6.07) is 7.30. The molecule has 1 aromatic heterocycles. The van der Waals surface area contributed by atoms with E-state index in [9.17, 15) is 14.4 Å². The van der Waals surface area contributed by atoms with E-state index in [1.807, 2.05) is 12.1 Å². The summed E-state index contributed by atoms with van der Waals surface area (Å²) in [5.74, 6) is -0.797. The third kappa shape index (κ3) is 2.07. The van der Waals surface area contributed by atoms with Crippen LogP contribution in [0.4, 0.5) is 0 Å². The van der Waals surface area contributed by atoms with Crippen LogP contribution in [-0.4, -0.2) is 23.1 Å². The molecule has 1 saturated heterocycles. The summed E-state index contributed by atoms with van der Waals surface area (Å²) in [5.41, 5.74) is 1.24. The zero-order valence-corrected chi connectivity index (χ0v) is 10.6. The van der Waals surface area contributed by atoms with E-state index < -0.39 is 0 Å². The van der Waals surface area contributed by atoms with E-state index in [-0.39, 0.29) is 17.7 Å². The van der Waals surface area contributed by atoms with E-state index in [0.29, 0.717) is 24.8 Å². The van der Waals surface area contributed by atoms with Crippen LogP contribution in [0.1, 0.15) is 34.8 Å². The van der Waals surface area contributed by atoms with Crippen molar-refractivity contribution in [3.63, 3.8) is 0 Å². The van der Waals surface area contributed by atoms with Gasteiger partial charge >= 0.3 is 0 Å². The summed E-state index contributed by atoms with van der Waals surface area (Å²) in [6.45, 7) is 0. The van der Waals surface area contributed by atoms with Crippen LogP contribution >= 0.6 is 0 Å². The summed E-state index contributed by atoms with van der Waals surface area (Å²) >= 11 is 0. The van der Waals surface area contributed by atoms with Gasteiger partial charge in [0, 0.05) is 18.0 Å². The number of fused-ring (bicyclic) bond motifs is 1. The lowest BCUT2D eigenvalue weighted by molar-refractivity contribution is -0.134. The second-order valence-corrected chi connectivity index (χ2v) is 4.80. The van der Waals surface area contributed by atoms with E-state index in [1.54, 1.807) is 18.3 Å². The van der Waals surface area contributed by atoms with Crippen molar-refractivity contribution < 1.29 is 14.4 Å². The zero-order valence-electron chi connectivity index (χ0n) is 10.6. The smallest absolute Gasteiger partial charge is 0.234 e. The van der Waals surface area contributed by atoms with Crippen molar-refractivity contribution in [1.82, 2.24) is 10.3 Å². The molecule has 0 aliphatic carbocycles. The highest BCUT2D eigenvalue weighted by Gasteiger charge is 2.27. The lowest BCUT2D eigenvalue weighted by Crippen LogP contribution is -2.39. The molecular weight excluding hydrogens is 256 g/mol. The second kappa shape index (κ2) is 4.85. The lowest BCUT2D eigenvalue weighted by Gasteiger charge is -2.21. The van der Waals surface area contributed by atoms with Gasteiger partial charge in [-0.15, -0.1) is 0 Å². The van der Waals surface area contributed by atoms with Gasteiger partial charge < -0.3 is 0 Å². The average molecular weight is 268 g/mol. The van der Waals surface area contributed by atoms with E-state index in [2.05, 4.69) is 10.3 Å². The second-order valence-electron chi connectivity index (χ2n) is 4.80. The van der Waals surface area contributed by atoms with Gasteiger partial charge in [0.05, 0.1) is 5.92 Å². The number of pyridine rings is 1. The van der Waals surface area contributed by atoms with Crippen LogP contribution in [0.25, 0.3) is 10.8 Å². The molecule has 1 aliphatic rings. The number of carbonyl (C=O) groups excluding carboxylic acids is 3. The number of aromatic nitrogens is 1. The number of nitrogens with one attached hydrogen (secondary N) is 1. The van der Waals surface area contributed by atoms with Crippen molar-refractivity contribution in [2.45, 2.75) is 18.8 Å². The number of aldehydes is 1. The number of hydrogen-bond acceptors (Lipinski definition) is 4. The van der Waals surface area contributed by atoms with Crippen LogP contribution in [0.3, 0.4) is 0 Å². The van der Waals surface area contributed by atoms with Crippen LogP contribution in [0.2, 0.25) is 0 Å². The fraction of sp³-hybridized carbons (Fsp3) is 0.200. The Morgan fingerprint density at radius 3 is 2.85 bits per heavy atom. The van der Waals surface area contributed by atoms with Crippen LogP contribution in [0.15, 0.2) is 30.5 Å². The first-order chi connectivity index (χ1) is 9.69. The number of rotatable bonds is 2. The Morgan fingerprint density at radius 2 is 2.10 bits per heavy atom. The minimum atomic E-state index is -0.315. The number of carbonyl (C=O) groups is 3. The molecule has 5 heteroatoms. The van der Waals surface area contributed by atoms with Crippen molar-refractivity contribution in [1.29, 1.82) is 0 Å². The van der Waals surface area contributed by atoms with Crippen molar-refractivity contribution in [3.8, 4) is 0 Å². The molecule has 1 aliphatic heterocycles. The number of amides is 2. The molecular formula is C15H12N2O3. The van der Waals surface area contributed by atoms with Crippen LogP contribution < -0.4 is 5.32 Å². The molecule has 1 N–H and O–H groups in total. The Hall–Kier alpha value is -2.56. The maximum Gasteiger partial charge on any atom is 0.234 e. The van der Waals surface area contributed by atoms with Gasteiger partial charge in [0.1, 0.15) is 5.69 Å². The summed E-state index contributed by atoms with van der Waals surface area (Å²) in [4.78, 5) is 38.0. The number of piperidine rings is 1. The lowest BCUT2D eigenvalue weighted by atomic mass is 9.89. The van der Waals surface area contributed by atoms with E-state index in [0.717, 1.165) is 16.3 Å². The number of benzene rings is 1. The predicted octanol–water partition coefficient (Wildman–Crippen LogP) is 1.57.